The number of rotatable bonds is 7. The number of piperidine rings is 1. The van der Waals surface area contributed by atoms with Gasteiger partial charge in [-0.05, 0) is 36.8 Å². The molecule has 0 aliphatic carbocycles. The maximum Gasteiger partial charge on any atom is 0.280 e. The molecule has 1 saturated heterocycles. The molecule has 1 atom stereocenters. The van der Waals surface area contributed by atoms with Crippen LogP contribution in [0.3, 0.4) is 0 Å². The molecule has 1 aromatic rings. The van der Waals surface area contributed by atoms with E-state index in [-0.39, 0.29) is 12.1 Å². The first-order valence-corrected chi connectivity index (χ1v) is 9.56. The summed E-state index contributed by atoms with van der Waals surface area (Å²) in [6, 6.07) is 3.50. The molecular weight excluding hydrogens is 314 g/mol. The van der Waals surface area contributed by atoms with Crippen LogP contribution in [0.25, 0.3) is 0 Å². The molecule has 0 spiro atoms. The van der Waals surface area contributed by atoms with E-state index >= 15 is 0 Å². The molecule has 1 aromatic heterocycles. The molecule has 1 N–H and O–H groups in total. The van der Waals surface area contributed by atoms with Crippen LogP contribution in [-0.4, -0.2) is 44.0 Å². The van der Waals surface area contributed by atoms with E-state index in [1.165, 1.54) is 4.31 Å². The molecule has 0 amide bonds. The third kappa shape index (κ3) is 5.24. The highest BCUT2D eigenvalue weighted by atomic mass is 32.2. The Morgan fingerprint density at radius 3 is 2.61 bits per heavy atom. The zero-order valence-electron chi connectivity index (χ0n) is 14.1. The molecule has 0 saturated carbocycles. The van der Waals surface area contributed by atoms with Crippen molar-refractivity contribution in [3.63, 3.8) is 0 Å². The monoisotopic (exact) mass is 341 g/mol. The second kappa shape index (κ2) is 8.19. The number of nitrogens with zero attached hydrogens (tertiary/aromatic N) is 2. The molecule has 0 unspecified atom stereocenters. The third-order valence-electron chi connectivity index (χ3n) is 4.16. The highest BCUT2D eigenvalue weighted by molar-refractivity contribution is 7.87. The van der Waals surface area contributed by atoms with Crippen LogP contribution in [0.2, 0.25) is 0 Å². The number of pyridine rings is 1. The lowest BCUT2D eigenvalue weighted by Crippen LogP contribution is -2.47. The zero-order chi connectivity index (χ0) is 16.9. The predicted octanol–water partition coefficient (Wildman–Crippen LogP) is 2.11. The topological polar surface area (TPSA) is 71.5 Å². The summed E-state index contributed by atoms with van der Waals surface area (Å²) in [5.41, 5.74) is 0.900. The van der Waals surface area contributed by atoms with E-state index in [1.54, 1.807) is 19.5 Å². The summed E-state index contributed by atoms with van der Waals surface area (Å²) in [7, 11) is -1.83. The highest BCUT2D eigenvalue weighted by Crippen LogP contribution is 2.23. The van der Waals surface area contributed by atoms with Crippen molar-refractivity contribution in [3.8, 4) is 0 Å². The Labute approximate surface area is 139 Å². The van der Waals surface area contributed by atoms with Crippen LogP contribution in [0, 0.1) is 5.92 Å². The largest absolute Gasteiger partial charge is 0.381 e. The van der Waals surface area contributed by atoms with Crippen molar-refractivity contribution in [2.45, 2.75) is 45.3 Å². The van der Waals surface area contributed by atoms with Gasteiger partial charge in [0.05, 0.1) is 6.10 Å². The first-order valence-electron chi connectivity index (χ1n) is 8.12. The van der Waals surface area contributed by atoms with Gasteiger partial charge in [-0.3, -0.25) is 4.98 Å². The van der Waals surface area contributed by atoms with Gasteiger partial charge in [0.1, 0.15) is 0 Å². The molecular formula is C16H27N3O3S. The van der Waals surface area contributed by atoms with Gasteiger partial charge >= 0.3 is 0 Å². The van der Waals surface area contributed by atoms with E-state index in [1.807, 2.05) is 12.1 Å². The Morgan fingerprint density at radius 2 is 2.09 bits per heavy atom. The summed E-state index contributed by atoms with van der Waals surface area (Å²) in [5, 5.41) is 0. The molecule has 0 aromatic carbocycles. The number of methoxy groups -OCH3 is 1. The fourth-order valence-corrected chi connectivity index (χ4v) is 4.30. The molecule has 7 heteroatoms. The van der Waals surface area contributed by atoms with E-state index in [2.05, 4.69) is 23.6 Å². The Balaban J connectivity index is 2.09. The predicted molar refractivity (Wildman–Crippen MR) is 90.1 cm³/mol. The van der Waals surface area contributed by atoms with Gasteiger partial charge in [0.25, 0.3) is 10.2 Å². The Morgan fingerprint density at radius 1 is 1.39 bits per heavy atom. The van der Waals surface area contributed by atoms with E-state index in [0.29, 0.717) is 19.0 Å². The molecule has 1 aliphatic rings. The summed E-state index contributed by atoms with van der Waals surface area (Å²) in [6.45, 7) is 5.16. The van der Waals surface area contributed by atoms with E-state index in [9.17, 15) is 8.42 Å². The number of hydrogen-bond acceptors (Lipinski definition) is 4. The maximum absolute atomic E-state index is 12.7. The summed E-state index contributed by atoms with van der Waals surface area (Å²) >= 11 is 0. The molecule has 1 aliphatic heterocycles. The minimum absolute atomic E-state index is 0.159. The van der Waals surface area contributed by atoms with E-state index in [4.69, 9.17) is 4.74 Å². The number of aromatic nitrogens is 1. The highest BCUT2D eigenvalue weighted by Gasteiger charge is 2.30. The lowest BCUT2D eigenvalue weighted by atomic mass is 9.99. The smallest absolute Gasteiger partial charge is 0.280 e. The Kier molecular flexibility index (Phi) is 6.52. The fourth-order valence-electron chi connectivity index (χ4n) is 2.87. The second-order valence-electron chi connectivity index (χ2n) is 6.43. The van der Waals surface area contributed by atoms with Crippen molar-refractivity contribution in [3.05, 3.63) is 30.1 Å². The summed E-state index contributed by atoms with van der Waals surface area (Å²) in [6.07, 6.45) is 5.79. The quantitative estimate of drug-likeness (QED) is 0.824. The van der Waals surface area contributed by atoms with Crippen LogP contribution in [-0.2, 0) is 14.9 Å². The molecule has 130 valence electrons. The molecule has 0 radical (unpaired) electrons. The zero-order valence-corrected chi connectivity index (χ0v) is 14.9. The lowest BCUT2D eigenvalue weighted by molar-refractivity contribution is 0.0601. The molecule has 1 fully saturated rings. The van der Waals surface area contributed by atoms with Gasteiger partial charge in [0, 0.05) is 38.6 Å². The second-order valence-corrected chi connectivity index (χ2v) is 8.13. The summed E-state index contributed by atoms with van der Waals surface area (Å²) < 4.78 is 35.1. The Bertz CT molecular complexity index is 569. The lowest BCUT2D eigenvalue weighted by Gasteiger charge is -2.32. The molecule has 2 heterocycles. The maximum atomic E-state index is 12.7. The van der Waals surface area contributed by atoms with Crippen molar-refractivity contribution in [1.82, 2.24) is 14.0 Å². The minimum Gasteiger partial charge on any atom is -0.381 e. The first kappa shape index (κ1) is 18.3. The normalized spacial score (nSPS) is 19.1. The van der Waals surface area contributed by atoms with Crippen molar-refractivity contribution < 1.29 is 13.2 Å². The van der Waals surface area contributed by atoms with Gasteiger partial charge in [0.2, 0.25) is 0 Å². The van der Waals surface area contributed by atoms with Crippen molar-refractivity contribution in [1.29, 1.82) is 0 Å². The Hall–Kier alpha value is -1.02. The number of ether oxygens (including phenoxy) is 1. The minimum atomic E-state index is -3.51. The molecule has 0 bridgehead atoms. The molecule has 23 heavy (non-hydrogen) atoms. The van der Waals surface area contributed by atoms with Crippen LogP contribution in [0.15, 0.2) is 24.5 Å². The van der Waals surface area contributed by atoms with Gasteiger partial charge < -0.3 is 4.74 Å². The van der Waals surface area contributed by atoms with E-state index < -0.39 is 10.2 Å². The van der Waals surface area contributed by atoms with Crippen LogP contribution >= 0.6 is 0 Å². The van der Waals surface area contributed by atoms with Crippen molar-refractivity contribution in [2.75, 3.05) is 20.2 Å². The average Bonchev–Trinajstić information content (AvgIpc) is 2.54. The van der Waals surface area contributed by atoms with Crippen LogP contribution < -0.4 is 4.72 Å². The van der Waals surface area contributed by atoms with Gasteiger partial charge in [-0.1, -0.05) is 19.9 Å². The average molecular weight is 341 g/mol. The van der Waals surface area contributed by atoms with Crippen LogP contribution in [0.1, 0.15) is 44.7 Å². The van der Waals surface area contributed by atoms with E-state index in [0.717, 1.165) is 24.8 Å². The summed E-state index contributed by atoms with van der Waals surface area (Å²) in [4.78, 5) is 4.11. The van der Waals surface area contributed by atoms with Gasteiger partial charge in [-0.15, -0.1) is 0 Å². The number of hydrogen-bond donors (Lipinski definition) is 1. The summed E-state index contributed by atoms with van der Waals surface area (Å²) in [5.74, 6) is 0.377. The fraction of sp³-hybridized carbons (Fsp3) is 0.688. The third-order valence-corrected chi connectivity index (χ3v) is 5.79. The van der Waals surface area contributed by atoms with Crippen LogP contribution in [0.5, 0.6) is 0 Å². The molecule has 6 nitrogen and oxygen atoms in total. The molecule has 2 rings (SSSR count). The first-order chi connectivity index (χ1) is 10.9. The van der Waals surface area contributed by atoms with Gasteiger partial charge in [0.15, 0.2) is 0 Å². The van der Waals surface area contributed by atoms with Gasteiger partial charge in [-0.25, -0.2) is 0 Å². The standard InChI is InChI=1S/C16H27N3O3S/c1-13(2)11-16(14-5-4-8-17-12-14)18-23(20,21)19-9-6-15(22-3)7-10-19/h4-5,8,12-13,15-16,18H,6-7,9-11H2,1-3H3/t16-/m0/s1. The SMILES string of the molecule is COC1CCN(S(=O)(=O)N[C@@H](CC(C)C)c2cccnc2)CC1. The van der Waals surface area contributed by atoms with Crippen molar-refractivity contribution >= 4 is 10.2 Å². The van der Waals surface area contributed by atoms with Crippen LogP contribution in [0.4, 0.5) is 0 Å². The number of nitrogens with one attached hydrogen (secondary N) is 1. The van der Waals surface area contributed by atoms with Crippen molar-refractivity contribution in [2.24, 2.45) is 5.92 Å². The van der Waals surface area contributed by atoms with Gasteiger partial charge in [-0.2, -0.15) is 17.4 Å².